The van der Waals surface area contributed by atoms with Crippen LogP contribution in [0.2, 0.25) is 0 Å². The average molecular weight is 701 g/mol. The maximum absolute atomic E-state index is 12.4. The number of phosphoric acid groups is 1. The lowest BCUT2D eigenvalue weighted by Gasteiger charge is -2.18. The van der Waals surface area contributed by atoms with Crippen LogP contribution in [0, 0.1) is 0 Å². The van der Waals surface area contributed by atoms with Gasteiger partial charge in [-0.05, 0) is 64.2 Å². The van der Waals surface area contributed by atoms with E-state index in [1.54, 1.807) is 0 Å². The van der Waals surface area contributed by atoms with Gasteiger partial charge in [0.2, 0.25) is 0 Å². The molecule has 0 fully saturated rings. The Hall–Kier alpha value is -1.47. The Labute approximate surface area is 294 Å². The van der Waals surface area contributed by atoms with Gasteiger partial charge < -0.3 is 19.3 Å². The second kappa shape index (κ2) is 35.4. The Bertz CT molecular complexity index is 838. The Morgan fingerprint density at radius 3 is 1.33 bits per heavy atom. The van der Waals surface area contributed by atoms with Crippen LogP contribution < -0.4 is 0 Å². The van der Waals surface area contributed by atoms with E-state index in [1.165, 1.54) is 109 Å². The van der Waals surface area contributed by atoms with Crippen molar-refractivity contribution in [3.63, 3.8) is 0 Å². The number of carbonyl (C=O) groups is 2. The zero-order chi connectivity index (χ0) is 35.4. The minimum atomic E-state index is -4.75. The normalized spacial score (nSPS) is 12.7. The first-order valence-electron chi connectivity index (χ1n) is 19.6. The van der Waals surface area contributed by atoms with E-state index < -0.39 is 32.5 Å². The molecule has 0 aliphatic carbocycles. The molecule has 0 aromatic carbocycles. The SMILES string of the molecule is CCCCCC/C=C/CCCCCCCCCC(=O)O[C@H](COC(=O)CCCC/C=C/CCCCCCCCCCC)COP(=O)(O)O. The van der Waals surface area contributed by atoms with Gasteiger partial charge in [-0.25, -0.2) is 4.57 Å². The number of carbonyl (C=O) groups excluding carboxylic acids is 2. The number of hydrogen-bond donors (Lipinski definition) is 2. The predicted molar refractivity (Wildman–Crippen MR) is 198 cm³/mol. The van der Waals surface area contributed by atoms with Gasteiger partial charge in [0.05, 0.1) is 6.61 Å². The summed E-state index contributed by atoms with van der Waals surface area (Å²) in [6, 6.07) is 0. The van der Waals surface area contributed by atoms with Crippen LogP contribution in [0.4, 0.5) is 0 Å². The molecule has 0 aromatic heterocycles. The van der Waals surface area contributed by atoms with E-state index in [-0.39, 0.29) is 19.4 Å². The summed E-state index contributed by atoms with van der Waals surface area (Å²) in [5.41, 5.74) is 0. The molecule has 0 unspecified atom stereocenters. The van der Waals surface area contributed by atoms with Crippen molar-refractivity contribution in [3.8, 4) is 0 Å². The third-order valence-corrected chi connectivity index (χ3v) is 8.93. The number of hydrogen-bond acceptors (Lipinski definition) is 6. The summed E-state index contributed by atoms with van der Waals surface area (Å²) < 4.78 is 26.3. The van der Waals surface area contributed by atoms with Gasteiger partial charge >= 0.3 is 19.8 Å². The van der Waals surface area contributed by atoms with E-state index in [4.69, 9.17) is 19.3 Å². The molecule has 282 valence electrons. The molecule has 1 atom stereocenters. The second-order valence-electron chi connectivity index (χ2n) is 13.2. The lowest BCUT2D eigenvalue weighted by atomic mass is 10.1. The quantitative estimate of drug-likeness (QED) is 0.0287. The molecule has 0 radical (unpaired) electrons. The standard InChI is InChI=1S/C39H73O8P/c1-3-5-7-9-11-13-15-17-19-21-23-25-27-29-31-33-38(40)45-35-37(36-46-48(42,43)44)47-39(41)34-32-30-28-26-24-22-20-18-16-14-12-10-8-6-4-2/h14,16,23,25,37H,3-13,15,17-22,24,26-36H2,1-2H3,(H2,42,43,44)/b16-14+,25-23+/t37-/m1/s1. The molecule has 0 amide bonds. The Morgan fingerprint density at radius 1 is 0.521 bits per heavy atom. The molecule has 0 saturated heterocycles. The van der Waals surface area contributed by atoms with Crippen molar-refractivity contribution in [2.75, 3.05) is 13.2 Å². The van der Waals surface area contributed by atoms with Crippen LogP contribution >= 0.6 is 7.82 Å². The highest BCUT2D eigenvalue weighted by molar-refractivity contribution is 7.46. The molecular formula is C39H73O8P. The monoisotopic (exact) mass is 701 g/mol. The summed E-state index contributed by atoms with van der Waals surface area (Å²) in [5, 5.41) is 0. The van der Waals surface area contributed by atoms with Crippen LogP contribution in [-0.2, 0) is 28.2 Å². The summed E-state index contributed by atoms with van der Waals surface area (Å²) in [4.78, 5) is 42.7. The third-order valence-electron chi connectivity index (χ3n) is 8.44. The van der Waals surface area contributed by atoms with Crippen LogP contribution in [0.5, 0.6) is 0 Å². The highest BCUT2D eigenvalue weighted by Crippen LogP contribution is 2.36. The van der Waals surface area contributed by atoms with Crippen molar-refractivity contribution < 1.29 is 37.9 Å². The van der Waals surface area contributed by atoms with Crippen LogP contribution in [0.25, 0.3) is 0 Å². The largest absolute Gasteiger partial charge is 0.469 e. The van der Waals surface area contributed by atoms with Gasteiger partial charge in [0.1, 0.15) is 6.61 Å². The Balaban J connectivity index is 3.97. The number of ether oxygens (including phenoxy) is 2. The van der Waals surface area contributed by atoms with Gasteiger partial charge in [0.25, 0.3) is 0 Å². The van der Waals surface area contributed by atoms with Crippen molar-refractivity contribution in [3.05, 3.63) is 24.3 Å². The summed E-state index contributed by atoms with van der Waals surface area (Å²) in [7, 11) is -4.75. The van der Waals surface area contributed by atoms with Crippen LogP contribution in [-0.4, -0.2) is 41.0 Å². The highest BCUT2D eigenvalue weighted by atomic mass is 31.2. The van der Waals surface area contributed by atoms with E-state index >= 15 is 0 Å². The molecule has 0 aliphatic heterocycles. The van der Waals surface area contributed by atoms with Gasteiger partial charge in [-0.1, -0.05) is 141 Å². The fraction of sp³-hybridized carbons (Fsp3) is 0.846. The number of phosphoric ester groups is 1. The van der Waals surface area contributed by atoms with Crippen molar-refractivity contribution in [2.45, 2.75) is 200 Å². The number of esters is 2. The number of rotatable bonds is 36. The van der Waals surface area contributed by atoms with Crippen molar-refractivity contribution in [2.24, 2.45) is 0 Å². The van der Waals surface area contributed by atoms with E-state index in [0.29, 0.717) is 12.8 Å². The van der Waals surface area contributed by atoms with Crippen LogP contribution in [0.15, 0.2) is 24.3 Å². The van der Waals surface area contributed by atoms with Crippen molar-refractivity contribution >= 4 is 19.8 Å². The molecule has 0 aromatic rings. The van der Waals surface area contributed by atoms with E-state index in [2.05, 4.69) is 42.7 Å². The summed E-state index contributed by atoms with van der Waals surface area (Å²) in [5.74, 6) is -0.912. The smallest absolute Gasteiger partial charge is 0.462 e. The average Bonchev–Trinajstić information content (AvgIpc) is 3.05. The van der Waals surface area contributed by atoms with E-state index in [0.717, 1.165) is 44.9 Å². The lowest BCUT2D eigenvalue weighted by molar-refractivity contribution is -0.161. The van der Waals surface area contributed by atoms with Crippen LogP contribution in [0.3, 0.4) is 0 Å². The lowest BCUT2D eigenvalue weighted by Crippen LogP contribution is -2.29. The first-order valence-corrected chi connectivity index (χ1v) is 21.2. The molecule has 0 rings (SSSR count). The molecule has 2 N–H and O–H groups in total. The molecule has 0 heterocycles. The summed E-state index contributed by atoms with van der Waals surface area (Å²) >= 11 is 0. The molecular weight excluding hydrogens is 627 g/mol. The van der Waals surface area contributed by atoms with Gasteiger partial charge in [-0.15, -0.1) is 0 Å². The molecule has 8 nitrogen and oxygen atoms in total. The minimum absolute atomic E-state index is 0.204. The fourth-order valence-electron chi connectivity index (χ4n) is 5.48. The number of unbranched alkanes of at least 4 members (excludes halogenated alkanes) is 22. The molecule has 0 saturated carbocycles. The minimum Gasteiger partial charge on any atom is -0.462 e. The molecule has 9 heteroatoms. The highest BCUT2D eigenvalue weighted by Gasteiger charge is 2.22. The zero-order valence-corrected chi connectivity index (χ0v) is 31.8. The number of allylic oxidation sites excluding steroid dienone is 4. The first kappa shape index (κ1) is 46.5. The zero-order valence-electron chi connectivity index (χ0n) is 30.9. The molecule has 0 bridgehead atoms. The Morgan fingerprint density at radius 2 is 0.875 bits per heavy atom. The maximum Gasteiger partial charge on any atom is 0.469 e. The van der Waals surface area contributed by atoms with Crippen molar-refractivity contribution in [1.82, 2.24) is 0 Å². The van der Waals surface area contributed by atoms with Gasteiger partial charge in [0.15, 0.2) is 6.10 Å². The van der Waals surface area contributed by atoms with Crippen LogP contribution in [0.1, 0.15) is 194 Å². The molecule has 0 aliphatic rings. The second-order valence-corrected chi connectivity index (χ2v) is 14.5. The first-order chi connectivity index (χ1) is 23.3. The van der Waals surface area contributed by atoms with E-state index in [9.17, 15) is 14.2 Å². The maximum atomic E-state index is 12.4. The summed E-state index contributed by atoms with van der Waals surface area (Å²) in [6.45, 7) is 3.65. The predicted octanol–water partition coefficient (Wildman–Crippen LogP) is 11.6. The molecule has 48 heavy (non-hydrogen) atoms. The van der Waals surface area contributed by atoms with Crippen molar-refractivity contribution in [1.29, 1.82) is 0 Å². The topological polar surface area (TPSA) is 119 Å². The van der Waals surface area contributed by atoms with E-state index in [1.807, 2.05) is 0 Å². The van der Waals surface area contributed by atoms with Gasteiger partial charge in [-0.2, -0.15) is 0 Å². The van der Waals surface area contributed by atoms with Gasteiger partial charge in [0, 0.05) is 12.8 Å². The summed E-state index contributed by atoms with van der Waals surface area (Å²) in [6.07, 6.45) is 39.0. The molecule has 0 spiro atoms. The fourth-order valence-corrected chi connectivity index (χ4v) is 5.84. The third kappa shape index (κ3) is 37.4. The van der Waals surface area contributed by atoms with Gasteiger partial charge in [-0.3, -0.25) is 14.1 Å². The Kier molecular flexibility index (Phi) is 34.3.